The topological polar surface area (TPSA) is 53.9 Å². The first-order chi connectivity index (χ1) is 13.8. The molecule has 1 N–H and O–H groups in total. The summed E-state index contributed by atoms with van der Waals surface area (Å²) in [4.78, 5) is 19.7. The third-order valence-corrected chi connectivity index (χ3v) is 4.79. The standard InChI is InChI=1S/C21H22ClF2N3O2/c1-13(2)25-21(28)27(11-14-5-3-4-6-18(14)22)12-16-10-20(26-29-16)17-8-7-15(23)9-19(17)24/h3-9,13,16H,10-12H2,1-2H3,(H,25,28)/t16-/m0/s1. The summed E-state index contributed by atoms with van der Waals surface area (Å²) in [5, 5.41) is 7.37. The van der Waals surface area contributed by atoms with E-state index in [1.807, 2.05) is 32.0 Å². The van der Waals surface area contributed by atoms with Gasteiger partial charge >= 0.3 is 6.03 Å². The minimum atomic E-state index is -0.696. The minimum Gasteiger partial charge on any atom is -0.390 e. The SMILES string of the molecule is CC(C)NC(=O)N(Cc1ccccc1Cl)C[C@@H]1CC(c2ccc(F)cc2F)=NO1. The lowest BCUT2D eigenvalue weighted by molar-refractivity contribution is 0.0586. The molecule has 0 fully saturated rings. The lowest BCUT2D eigenvalue weighted by Crippen LogP contribution is -2.45. The molecule has 1 aliphatic heterocycles. The Morgan fingerprint density at radius 3 is 2.76 bits per heavy atom. The van der Waals surface area contributed by atoms with E-state index in [2.05, 4.69) is 10.5 Å². The van der Waals surface area contributed by atoms with Crippen molar-refractivity contribution in [3.63, 3.8) is 0 Å². The van der Waals surface area contributed by atoms with Crippen LogP contribution < -0.4 is 5.32 Å². The zero-order valence-electron chi connectivity index (χ0n) is 16.2. The first-order valence-corrected chi connectivity index (χ1v) is 9.68. The second kappa shape index (κ2) is 9.22. The Labute approximate surface area is 173 Å². The Morgan fingerprint density at radius 1 is 1.31 bits per heavy atom. The summed E-state index contributed by atoms with van der Waals surface area (Å²) >= 11 is 6.24. The molecule has 29 heavy (non-hydrogen) atoms. The van der Waals surface area contributed by atoms with Crippen LogP contribution in [0.25, 0.3) is 0 Å². The van der Waals surface area contributed by atoms with Gasteiger partial charge in [0, 0.05) is 35.7 Å². The average molecular weight is 422 g/mol. The van der Waals surface area contributed by atoms with E-state index in [1.54, 1.807) is 11.0 Å². The van der Waals surface area contributed by atoms with E-state index in [9.17, 15) is 13.6 Å². The van der Waals surface area contributed by atoms with E-state index in [-0.39, 0.29) is 24.2 Å². The summed E-state index contributed by atoms with van der Waals surface area (Å²) in [7, 11) is 0. The maximum absolute atomic E-state index is 14.0. The van der Waals surface area contributed by atoms with Gasteiger partial charge in [-0.1, -0.05) is 35.0 Å². The molecule has 0 saturated carbocycles. The van der Waals surface area contributed by atoms with Gasteiger partial charge in [-0.05, 0) is 37.6 Å². The van der Waals surface area contributed by atoms with Gasteiger partial charge in [-0.25, -0.2) is 13.6 Å². The molecule has 5 nitrogen and oxygen atoms in total. The smallest absolute Gasteiger partial charge is 0.318 e. The number of rotatable bonds is 6. The number of urea groups is 1. The summed E-state index contributed by atoms with van der Waals surface area (Å²) in [6, 6.07) is 10.3. The Kier molecular flexibility index (Phi) is 6.69. The van der Waals surface area contributed by atoms with Gasteiger partial charge in [0.25, 0.3) is 0 Å². The van der Waals surface area contributed by atoms with Crippen LogP contribution in [0.4, 0.5) is 13.6 Å². The Bertz CT molecular complexity index is 921. The normalized spacial score (nSPS) is 15.8. The van der Waals surface area contributed by atoms with Gasteiger partial charge in [-0.2, -0.15) is 0 Å². The summed E-state index contributed by atoms with van der Waals surface area (Å²) < 4.78 is 27.2. The number of carbonyl (C=O) groups excluding carboxylic acids is 1. The zero-order chi connectivity index (χ0) is 21.0. The quantitative estimate of drug-likeness (QED) is 0.733. The molecule has 0 aromatic heterocycles. The molecule has 1 atom stereocenters. The van der Waals surface area contributed by atoms with Crippen LogP contribution in [0.5, 0.6) is 0 Å². The molecule has 0 bridgehead atoms. The molecule has 2 aromatic rings. The molecule has 2 aromatic carbocycles. The largest absolute Gasteiger partial charge is 0.390 e. The molecule has 1 heterocycles. The first kappa shape index (κ1) is 21.0. The Morgan fingerprint density at radius 2 is 2.07 bits per heavy atom. The number of nitrogens with zero attached hydrogens (tertiary/aromatic N) is 2. The van der Waals surface area contributed by atoms with Crippen molar-refractivity contribution in [3.8, 4) is 0 Å². The van der Waals surface area contributed by atoms with E-state index < -0.39 is 17.7 Å². The predicted molar refractivity (Wildman–Crippen MR) is 108 cm³/mol. The Hall–Kier alpha value is -2.67. The monoisotopic (exact) mass is 421 g/mol. The van der Waals surface area contributed by atoms with Crippen LogP contribution in [0.15, 0.2) is 47.6 Å². The van der Waals surface area contributed by atoms with Crippen LogP contribution in [0.3, 0.4) is 0 Å². The molecule has 0 unspecified atom stereocenters. The third kappa shape index (κ3) is 5.44. The predicted octanol–water partition coefficient (Wildman–Crippen LogP) is 4.73. The molecule has 2 amide bonds. The van der Waals surface area contributed by atoms with E-state index in [1.165, 1.54) is 12.1 Å². The number of nitrogens with one attached hydrogen (secondary N) is 1. The van der Waals surface area contributed by atoms with Crippen LogP contribution in [0.2, 0.25) is 5.02 Å². The zero-order valence-corrected chi connectivity index (χ0v) is 16.9. The van der Waals surface area contributed by atoms with Gasteiger partial charge in [0.15, 0.2) is 6.10 Å². The molecule has 1 aliphatic rings. The van der Waals surface area contributed by atoms with E-state index in [0.29, 0.717) is 23.7 Å². The van der Waals surface area contributed by atoms with Crippen molar-refractivity contribution in [2.45, 2.75) is 39.0 Å². The van der Waals surface area contributed by atoms with Crippen LogP contribution in [0.1, 0.15) is 31.4 Å². The van der Waals surface area contributed by atoms with Crippen LogP contribution >= 0.6 is 11.6 Å². The van der Waals surface area contributed by atoms with Crippen molar-refractivity contribution in [1.29, 1.82) is 0 Å². The summed E-state index contributed by atoms with van der Waals surface area (Å²) in [6.45, 7) is 4.27. The van der Waals surface area contributed by atoms with Crippen molar-refractivity contribution >= 4 is 23.3 Å². The summed E-state index contributed by atoms with van der Waals surface area (Å²) in [5.74, 6) is -1.35. The van der Waals surface area contributed by atoms with Gasteiger partial charge in [0.2, 0.25) is 0 Å². The van der Waals surface area contributed by atoms with E-state index in [4.69, 9.17) is 16.4 Å². The van der Waals surface area contributed by atoms with Crippen molar-refractivity contribution in [3.05, 3.63) is 70.2 Å². The fourth-order valence-corrected chi connectivity index (χ4v) is 3.24. The lowest BCUT2D eigenvalue weighted by atomic mass is 10.0. The Balaban J connectivity index is 1.71. The number of benzene rings is 2. The number of oxime groups is 1. The number of hydrogen-bond acceptors (Lipinski definition) is 3. The van der Waals surface area contributed by atoms with Crippen molar-refractivity contribution in [2.24, 2.45) is 5.16 Å². The number of halogens is 3. The summed E-state index contributed by atoms with van der Waals surface area (Å²) in [5.41, 5.74) is 1.38. The molecule has 8 heteroatoms. The highest BCUT2D eigenvalue weighted by Gasteiger charge is 2.28. The third-order valence-electron chi connectivity index (χ3n) is 4.42. The molecular weight excluding hydrogens is 400 g/mol. The average Bonchev–Trinajstić information content (AvgIpc) is 3.10. The van der Waals surface area contributed by atoms with Crippen molar-refractivity contribution in [2.75, 3.05) is 6.54 Å². The maximum Gasteiger partial charge on any atom is 0.318 e. The summed E-state index contributed by atoms with van der Waals surface area (Å²) in [6.07, 6.45) is -0.147. The van der Waals surface area contributed by atoms with E-state index in [0.717, 1.165) is 11.6 Å². The number of hydrogen-bond donors (Lipinski definition) is 1. The number of amides is 2. The van der Waals surface area contributed by atoms with Crippen molar-refractivity contribution in [1.82, 2.24) is 10.2 Å². The molecule has 0 saturated heterocycles. The lowest BCUT2D eigenvalue weighted by Gasteiger charge is -2.26. The molecule has 0 aliphatic carbocycles. The van der Waals surface area contributed by atoms with Crippen LogP contribution in [0, 0.1) is 11.6 Å². The van der Waals surface area contributed by atoms with Gasteiger partial charge in [-0.3, -0.25) is 0 Å². The van der Waals surface area contributed by atoms with Crippen LogP contribution in [-0.2, 0) is 11.4 Å². The second-order valence-electron chi connectivity index (χ2n) is 7.17. The molecular formula is C21H22ClF2N3O2. The fourth-order valence-electron chi connectivity index (χ4n) is 3.04. The molecule has 0 spiro atoms. The highest BCUT2D eigenvalue weighted by Crippen LogP contribution is 2.22. The molecule has 154 valence electrons. The van der Waals surface area contributed by atoms with Gasteiger partial charge in [0.1, 0.15) is 11.6 Å². The van der Waals surface area contributed by atoms with E-state index >= 15 is 0 Å². The molecule has 0 radical (unpaired) electrons. The van der Waals surface area contributed by atoms with Crippen molar-refractivity contribution < 1.29 is 18.4 Å². The van der Waals surface area contributed by atoms with Gasteiger partial charge < -0.3 is 15.1 Å². The first-order valence-electron chi connectivity index (χ1n) is 9.30. The fraction of sp³-hybridized carbons (Fsp3) is 0.333. The highest BCUT2D eigenvalue weighted by atomic mass is 35.5. The van der Waals surface area contributed by atoms with Gasteiger partial charge in [0.05, 0.1) is 12.3 Å². The van der Waals surface area contributed by atoms with Crippen LogP contribution in [-0.4, -0.2) is 35.3 Å². The van der Waals surface area contributed by atoms with Gasteiger partial charge in [-0.15, -0.1) is 0 Å². The second-order valence-corrected chi connectivity index (χ2v) is 7.58. The molecule has 3 rings (SSSR count). The maximum atomic E-state index is 14.0. The minimum absolute atomic E-state index is 0.0409. The number of carbonyl (C=O) groups is 1. The highest BCUT2D eigenvalue weighted by molar-refractivity contribution is 6.31.